The molecular formula is C18H25N7O2. The van der Waals surface area contributed by atoms with Crippen molar-refractivity contribution in [2.24, 2.45) is 4.99 Å². The summed E-state index contributed by atoms with van der Waals surface area (Å²) in [5.41, 5.74) is 2.11. The third-order valence-corrected chi connectivity index (χ3v) is 4.57. The molecule has 1 aromatic carbocycles. The summed E-state index contributed by atoms with van der Waals surface area (Å²) in [6.07, 6.45) is 2.95. The molecule has 0 saturated carbocycles. The Morgan fingerprint density at radius 1 is 1.41 bits per heavy atom. The molecule has 0 bridgehead atoms. The normalized spacial score (nSPS) is 15.5. The van der Waals surface area contributed by atoms with E-state index in [-0.39, 0.29) is 12.1 Å². The number of hydrogen-bond acceptors (Lipinski definition) is 5. The molecule has 2 heterocycles. The van der Waals surface area contributed by atoms with Crippen LogP contribution < -0.4 is 10.6 Å². The van der Waals surface area contributed by atoms with Gasteiger partial charge in [0.25, 0.3) is 0 Å². The van der Waals surface area contributed by atoms with Gasteiger partial charge in [-0.25, -0.2) is 9.78 Å². The van der Waals surface area contributed by atoms with Crippen LogP contribution in [0.25, 0.3) is 11.4 Å². The topological polar surface area (TPSA) is 108 Å². The summed E-state index contributed by atoms with van der Waals surface area (Å²) in [5.74, 6) is 1.49. The molecule has 1 aromatic heterocycles. The first-order chi connectivity index (χ1) is 13.2. The maximum Gasteiger partial charge on any atom is 0.409 e. The Kier molecular flexibility index (Phi) is 6.24. The van der Waals surface area contributed by atoms with Crippen molar-refractivity contribution in [1.82, 2.24) is 30.7 Å². The van der Waals surface area contributed by atoms with Crippen molar-refractivity contribution in [3.8, 4) is 11.4 Å². The van der Waals surface area contributed by atoms with Crippen molar-refractivity contribution in [1.29, 1.82) is 0 Å². The van der Waals surface area contributed by atoms with Crippen LogP contribution in [0.5, 0.6) is 0 Å². The SMILES string of the molecule is CN=C(NCc1cccc(-c2ncn[nH]2)c1)NC1CCN(C(=O)OC)CC1. The lowest BCUT2D eigenvalue weighted by atomic mass is 10.1. The number of nitrogens with zero attached hydrogens (tertiary/aromatic N) is 4. The van der Waals surface area contributed by atoms with Gasteiger partial charge in [0, 0.05) is 38.3 Å². The number of aliphatic imine (C=N–C) groups is 1. The fourth-order valence-electron chi connectivity index (χ4n) is 3.08. The number of aromatic amines is 1. The molecule has 9 nitrogen and oxygen atoms in total. The number of H-pyrrole nitrogens is 1. The smallest absolute Gasteiger partial charge is 0.409 e. The molecule has 0 unspecified atom stereocenters. The Labute approximate surface area is 158 Å². The van der Waals surface area contributed by atoms with E-state index >= 15 is 0 Å². The maximum atomic E-state index is 11.6. The van der Waals surface area contributed by atoms with Gasteiger partial charge in [0.15, 0.2) is 11.8 Å². The van der Waals surface area contributed by atoms with Crippen molar-refractivity contribution in [3.63, 3.8) is 0 Å². The second kappa shape index (κ2) is 9.02. The summed E-state index contributed by atoms with van der Waals surface area (Å²) in [6, 6.07) is 8.38. The quantitative estimate of drug-likeness (QED) is 0.553. The first-order valence-electron chi connectivity index (χ1n) is 8.94. The van der Waals surface area contributed by atoms with Crippen LogP contribution in [0.1, 0.15) is 18.4 Å². The number of methoxy groups -OCH3 is 1. The van der Waals surface area contributed by atoms with Crippen LogP contribution in [0, 0.1) is 0 Å². The molecular weight excluding hydrogens is 346 g/mol. The summed E-state index contributed by atoms with van der Waals surface area (Å²) >= 11 is 0. The number of piperidine rings is 1. The molecule has 3 rings (SSSR count). The molecule has 1 aliphatic heterocycles. The largest absolute Gasteiger partial charge is 0.453 e. The number of benzene rings is 1. The predicted octanol–water partition coefficient (Wildman–Crippen LogP) is 1.37. The van der Waals surface area contributed by atoms with Gasteiger partial charge in [-0.2, -0.15) is 5.10 Å². The molecule has 0 atom stereocenters. The second-order valence-electron chi connectivity index (χ2n) is 6.34. The van der Waals surface area contributed by atoms with Crippen LogP contribution in [-0.2, 0) is 11.3 Å². The zero-order valence-electron chi connectivity index (χ0n) is 15.6. The molecule has 1 aliphatic rings. The number of hydrogen-bond donors (Lipinski definition) is 3. The second-order valence-corrected chi connectivity index (χ2v) is 6.34. The first kappa shape index (κ1) is 18.7. The summed E-state index contributed by atoms with van der Waals surface area (Å²) in [5, 5.41) is 13.5. The van der Waals surface area contributed by atoms with Crippen LogP contribution >= 0.6 is 0 Å². The van der Waals surface area contributed by atoms with Gasteiger partial charge in [-0.1, -0.05) is 18.2 Å². The zero-order chi connectivity index (χ0) is 19.1. The molecule has 2 aromatic rings. The number of carbonyl (C=O) groups excluding carboxylic acids is 1. The van der Waals surface area contributed by atoms with E-state index in [1.165, 1.54) is 13.4 Å². The van der Waals surface area contributed by atoms with Crippen molar-refractivity contribution >= 4 is 12.1 Å². The minimum Gasteiger partial charge on any atom is -0.453 e. The lowest BCUT2D eigenvalue weighted by Crippen LogP contribution is -2.49. The summed E-state index contributed by atoms with van der Waals surface area (Å²) < 4.78 is 4.77. The first-order valence-corrected chi connectivity index (χ1v) is 8.94. The molecule has 0 radical (unpaired) electrons. The molecule has 0 aliphatic carbocycles. The molecule has 3 N–H and O–H groups in total. The molecule has 1 amide bonds. The maximum absolute atomic E-state index is 11.6. The van der Waals surface area contributed by atoms with Gasteiger partial charge in [0.05, 0.1) is 7.11 Å². The van der Waals surface area contributed by atoms with Gasteiger partial charge in [-0.15, -0.1) is 0 Å². The highest BCUT2D eigenvalue weighted by Crippen LogP contribution is 2.15. The van der Waals surface area contributed by atoms with Crippen molar-refractivity contribution < 1.29 is 9.53 Å². The average Bonchev–Trinajstić information content (AvgIpc) is 3.26. The van der Waals surface area contributed by atoms with Crippen molar-refractivity contribution in [2.45, 2.75) is 25.4 Å². The van der Waals surface area contributed by atoms with E-state index in [1.807, 2.05) is 12.1 Å². The van der Waals surface area contributed by atoms with Crippen LogP contribution in [0.15, 0.2) is 35.6 Å². The fourth-order valence-corrected chi connectivity index (χ4v) is 3.08. The van der Waals surface area contributed by atoms with Crippen LogP contribution in [0.4, 0.5) is 4.79 Å². The number of carbonyl (C=O) groups is 1. The molecule has 144 valence electrons. The molecule has 0 spiro atoms. The Bertz CT molecular complexity index is 768. The molecule has 1 saturated heterocycles. The molecule has 1 fully saturated rings. The Morgan fingerprint density at radius 2 is 2.22 bits per heavy atom. The summed E-state index contributed by atoms with van der Waals surface area (Å²) in [4.78, 5) is 21.8. The van der Waals surface area contributed by atoms with E-state index < -0.39 is 0 Å². The highest BCUT2D eigenvalue weighted by molar-refractivity contribution is 5.80. The molecule has 9 heteroatoms. The molecule has 27 heavy (non-hydrogen) atoms. The number of amides is 1. The zero-order valence-corrected chi connectivity index (χ0v) is 15.6. The predicted molar refractivity (Wildman–Crippen MR) is 102 cm³/mol. The third-order valence-electron chi connectivity index (χ3n) is 4.57. The number of nitrogens with one attached hydrogen (secondary N) is 3. The Hall–Kier alpha value is -3.10. The van der Waals surface area contributed by atoms with E-state index in [1.54, 1.807) is 11.9 Å². The number of ether oxygens (including phenoxy) is 1. The van der Waals surface area contributed by atoms with Gasteiger partial charge in [0.2, 0.25) is 0 Å². The lowest BCUT2D eigenvalue weighted by Gasteiger charge is -2.32. The number of rotatable bonds is 4. The van der Waals surface area contributed by atoms with E-state index in [0.29, 0.717) is 19.6 Å². The highest BCUT2D eigenvalue weighted by Gasteiger charge is 2.23. The minimum absolute atomic E-state index is 0.261. The van der Waals surface area contributed by atoms with E-state index in [4.69, 9.17) is 4.74 Å². The van der Waals surface area contributed by atoms with Crippen molar-refractivity contribution in [2.75, 3.05) is 27.2 Å². The van der Waals surface area contributed by atoms with Crippen LogP contribution in [0.3, 0.4) is 0 Å². The van der Waals surface area contributed by atoms with Gasteiger partial charge in [0.1, 0.15) is 6.33 Å². The third kappa shape index (κ3) is 4.96. The van der Waals surface area contributed by atoms with Crippen LogP contribution in [-0.4, -0.2) is 65.4 Å². The average molecular weight is 371 g/mol. The van der Waals surface area contributed by atoms with E-state index in [0.717, 1.165) is 35.8 Å². The van der Waals surface area contributed by atoms with E-state index in [2.05, 4.69) is 42.9 Å². The van der Waals surface area contributed by atoms with Crippen molar-refractivity contribution in [3.05, 3.63) is 36.2 Å². The lowest BCUT2D eigenvalue weighted by molar-refractivity contribution is 0.111. The Balaban J connectivity index is 1.50. The number of aromatic nitrogens is 3. The fraction of sp³-hybridized carbons (Fsp3) is 0.444. The van der Waals surface area contributed by atoms with E-state index in [9.17, 15) is 4.79 Å². The summed E-state index contributed by atoms with van der Waals surface area (Å²) in [6.45, 7) is 2.00. The number of guanidine groups is 1. The van der Waals surface area contributed by atoms with Gasteiger partial charge >= 0.3 is 6.09 Å². The minimum atomic E-state index is -0.261. The van der Waals surface area contributed by atoms with Gasteiger partial charge in [-0.3, -0.25) is 10.1 Å². The van der Waals surface area contributed by atoms with Crippen LogP contribution in [0.2, 0.25) is 0 Å². The highest BCUT2D eigenvalue weighted by atomic mass is 16.5. The summed E-state index contributed by atoms with van der Waals surface area (Å²) in [7, 11) is 3.17. The monoisotopic (exact) mass is 371 g/mol. The number of likely N-dealkylation sites (tertiary alicyclic amines) is 1. The standard InChI is InChI=1S/C18H25N7O2/c1-19-17(23-15-6-8-25(9-7-15)18(26)27-2)20-11-13-4-3-5-14(10-13)16-21-12-22-24-16/h3-5,10,12,15H,6-9,11H2,1-2H3,(H2,19,20,23)(H,21,22,24). The van der Waals surface area contributed by atoms with Gasteiger partial charge in [-0.05, 0) is 24.5 Å². The van der Waals surface area contributed by atoms with Gasteiger partial charge < -0.3 is 20.3 Å². The Morgan fingerprint density at radius 3 is 2.89 bits per heavy atom.